The van der Waals surface area contributed by atoms with E-state index >= 15 is 0 Å². The number of anilines is 1. The summed E-state index contributed by atoms with van der Waals surface area (Å²) in [5, 5.41) is 11.2. The Bertz CT molecular complexity index is 844. The van der Waals surface area contributed by atoms with Gasteiger partial charge in [-0.05, 0) is 26.0 Å². The number of carbonyl (C=O) groups is 2. The molecule has 1 aromatic heterocycles. The molecule has 0 aliphatic carbocycles. The van der Waals surface area contributed by atoms with Crippen LogP contribution in [0.1, 0.15) is 12.6 Å². The Kier molecular flexibility index (Phi) is 4.49. The number of hydrogen-bond donors (Lipinski definition) is 2. The van der Waals surface area contributed by atoms with Crippen LogP contribution in [0.25, 0.3) is 5.69 Å². The molecule has 0 fully saturated rings. The largest absolute Gasteiger partial charge is 0.478 e. The first-order valence-corrected chi connectivity index (χ1v) is 6.89. The van der Waals surface area contributed by atoms with Gasteiger partial charge in [-0.1, -0.05) is 18.2 Å². The van der Waals surface area contributed by atoms with Crippen molar-refractivity contribution in [3.63, 3.8) is 0 Å². The maximum absolute atomic E-state index is 12.6. The number of hydrogen-bond acceptors (Lipinski definition) is 3. The summed E-state index contributed by atoms with van der Waals surface area (Å²) in [6.45, 7) is 3.01. The van der Waals surface area contributed by atoms with Crippen LogP contribution < -0.4 is 10.9 Å². The monoisotopic (exact) mass is 315 g/mol. The quantitative estimate of drug-likeness (QED) is 0.835. The molecule has 7 nitrogen and oxygen atoms in total. The van der Waals surface area contributed by atoms with Crippen molar-refractivity contribution in [2.24, 2.45) is 7.05 Å². The van der Waals surface area contributed by atoms with Crippen LogP contribution in [-0.2, 0) is 16.6 Å². The van der Waals surface area contributed by atoms with Gasteiger partial charge >= 0.3 is 5.97 Å². The summed E-state index contributed by atoms with van der Waals surface area (Å²) < 4.78 is 3.06. The second kappa shape index (κ2) is 6.35. The van der Waals surface area contributed by atoms with Crippen molar-refractivity contribution in [2.45, 2.75) is 13.8 Å². The molecule has 0 spiro atoms. The second-order valence-corrected chi connectivity index (χ2v) is 5.06. The molecule has 23 heavy (non-hydrogen) atoms. The molecule has 1 heterocycles. The number of benzene rings is 1. The zero-order chi connectivity index (χ0) is 17.1. The fourth-order valence-electron chi connectivity index (χ4n) is 2.13. The van der Waals surface area contributed by atoms with Crippen molar-refractivity contribution in [3.8, 4) is 5.69 Å². The topological polar surface area (TPSA) is 93.3 Å². The highest BCUT2D eigenvalue weighted by Crippen LogP contribution is 2.14. The van der Waals surface area contributed by atoms with Gasteiger partial charge in [0.25, 0.3) is 5.56 Å². The summed E-state index contributed by atoms with van der Waals surface area (Å²) >= 11 is 0. The number of carbonyl (C=O) groups excluding carboxylic acids is 1. The maximum atomic E-state index is 12.6. The highest BCUT2D eigenvalue weighted by atomic mass is 16.4. The summed E-state index contributed by atoms with van der Waals surface area (Å²) in [5.41, 5.74) is 0.857. The number of nitrogens with zero attached hydrogens (tertiary/aromatic N) is 2. The molecule has 2 rings (SSSR count). The zero-order valence-corrected chi connectivity index (χ0v) is 13.0. The van der Waals surface area contributed by atoms with Crippen LogP contribution in [0.3, 0.4) is 0 Å². The third kappa shape index (κ3) is 3.23. The van der Waals surface area contributed by atoms with Crippen LogP contribution in [0.2, 0.25) is 0 Å². The van der Waals surface area contributed by atoms with E-state index in [-0.39, 0.29) is 16.8 Å². The Morgan fingerprint density at radius 3 is 2.39 bits per heavy atom. The Labute approximate surface area is 132 Å². The molecule has 1 aromatic carbocycles. The van der Waals surface area contributed by atoms with Gasteiger partial charge in [0.05, 0.1) is 11.4 Å². The highest BCUT2D eigenvalue weighted by molar-refractivity contribution is 6.04. The normalized spacial score (nSPS) is 11.3. The van der Waals surface area contributed by atoms with Crippen LogP contribution >= 0.6 is 0 Å². The molecular weight excluding hydrogens is 298 g/mol. The van der Waals surface area contributed by atoms with E-state index in [1.165, 1.54) is 11.6 Å². The van der Waals surface area contributed by atoms with E-state index in [1.54, 1.807) is 42.9 Å². The fourth-order valence-corrected chi connectivity index (χ4v) is 2.13. The van der Waals surface area contributed by atoms with Crippen molar-refractivity contribution in [2.75, 3.05) is 5.32 Å². The summed E-state index contributed by atoms with van der Waals surface area (Å²) in [7, 11) is 1.71. The van der Waals surface area contributed by atoms with E-state index in [2.05, 4.69) is 5.32 Å². The third-order valence-corrected chi connectivity index (χ3v) is 3.49. The second-order valence-electron chi connectivity index (χ2n) is 5.06. The summed E-state index contributed by atoms with van der Waals surface area (Å²) in [5.74, 6) is -1.84. The molecule has 0 saturated heterocycles. The Hall–Kier alpha value is -3.09. The van der Waals surface area contributed by atoms with Gasteiger partial charge in [-0.3, -0.25) is 14.3 Å². The van der Waals surface area contributed by atoms with Gasteiger partial charge in [-0.25, -0.2) is 9.48 Å². The summed E-state index contributed by atoms with van der Waals surface area (Å²) in [6, 6.07) is 9.01. The van der Waals surface area contributed by atoms with Gasteiger partial charge in [0.2, 0.25) is 5.91 Å². The van der Waals surface area contributed by atoms with Crippen molar-refractivity contribution in [1.82, 2.24) is 9.36 Å². The van der Waals surface area contributed by atoms with E-state index in [1.807, 2.05) is 6.07 Å². The molecule has 2 N–H and O–H groups in total. The lowest BCUT2D eigenvalue weighted by Crippen LogP contribution is -2.22. The smallest absolute Gasteiger partial charge is 0.331 e. The molecule has 1 amide bonds. The SMILES string of the molecule is CC(=CC(=O)Nc1c(C)n(C)n(-c2ccccc2)c1=O)C(=O)O. The number of aliphatic carboxylic acids is 1. The van der Waals surface area contributed by atoms with Gasteiger partial charge < -0.3 is 10.4 Å². The van der Waals surface area contributed by atoms with E-state index in [4.69, 9.17) is 5.11 Å². The third-order valence-electron chi connectivity index (χ3n) is 3.49. The first kappa shape index (κ1) is 16.3. The van der Waals surface area contributed by atoms with Crippen LogP contribution in [0.15, 0.2) is 46.8 Å². The van der Waals surface area contributed by atoms with Crippen molar-refractivity contribution < 1.29 is 14.7 Å². The number of carboxylic acid groups (broad SMARTS) is 1. The molecule has 0 radical (unpaired) electrons. The predicted molar refractivity (Wildman–Crippen MR) is 85.8 cm³/mol. The number of carboxylic acids is 1. The van der Waals surface area contributed by atoms with E-state index in [0.717, 1.165) is 6.08 Å². The molecule has 120 valence electrons. The number of amides is 1. The van der Waals surface area contributed by atoms with Gasteiger partial charge in [-0.15, -0.1) is 0 Å². The average Bonchev–Trinajstić information content (AvgIpc) is 2.72. The molecule has 0 unspecified atom stereocenters. The molecule has 2 aromatic rings. The summed E-state index contributed by atoms with van der Waals surface area (Å²) in [6.07, 6.45) is 0.946. The lowest BCUT2D eigenvalue weighted by molar-refractivity contribution is -0.132. The van der Waals surface area contributed by atoms with Crippen molar-refractivity contribution in [1.29, 1.82) is 0 Å². The van der Waals surface area contributed by atoms with Crippen LogP contribution in [0.5, 0.6) is 0 Å². The minimum Gasteiger partial charge on any atom is -0.478 e. The fraction of sp³-hybridized carbons (Fsp3) is 0.188. The minimum absolute atomic E-state index is 0.112. The maximum Gasteiger partial charge on any atom is 0.331 e. The minimum atomic E-state index is -1.19. The lowest BCUT2D eigenvalue weighted by Gasteiger charge is -2.07. The predicted octanol–water partition coefficient (Wildman–Crippen LogP) is 1.45. The average molecular weight is 315 g/mol. The number of rotatable bonds is 4. The first-order chi connectivity index (χ1) is 10.8. The molecule has 0 aliphatic rings. The zero-order valence-electron chi connectivity index (χ0n) is 13.0. The lowest BCUT2D eigenvalue weighted by atomic mass is 10.2. The standard InChI is InChI=1S/C16H17N3O4/c1-10(16(22)23)9-13(20)17-14-11(2)18(3)19(15(14)21)12-7-5-4-6-8-12/h4-9H,1-3H3,(H,17,20)(H,22,23). The molecule has 0 bridgehead atoms. The molecule has 0 saturated carbocycles. The molecule has 7 heteroatoms. The van der Waals surface area contributed by atoms with Crippen LogP contribution in [-0.4, -0.2) is 26.3 Å². The Morgan fingerprint density at radius 2 is 1.83 bits per heavy atom. The summed E-state index contributed by atoms with van der Waals surface area (Å²) in [4.78, 5) is 35.2. The van der Waals surface area contributed by atoms with E-state index in [9.17, 15) is 14.4 Å². The molecule has 0 atom stereocenters. The van der Waals surface area contributed by atoms with Crippen LogP contribution in [0.4, 0.5) is 5.69 Å². The van der Waals surface area contributed by atoms with Gasteiger partial charge in [0.15, 0.2) is 0 Å². The Morgan fingerprint density at radius 1 is 1.22 bits per heavy atom. The highest BCUT2D eigenvalue weighted by Gasteiger charge is 2.17. The van der Waals surface area contributed by atoms with E-state index in [0.29, 0.717) is 11.4 Å². The van der Waals surface area contributed by atoms with Gasteiger partial charge in [0.1, 0.15) is 5.69 Å². The van der Waals surface area contributed by atoms with Crippen molar-refractivity contribution in [3.05, 3.63) is 58.0 Å². The number of nitrogens with one attached hydrogen (secondary N) is 1. The Balaban J connectivity index is 2.43. The number of aromatic nitrogens is 2. The van der Waals surface area contributed by atoms with Crippen LogP contribution in [0, 0.1) is 6.92 Å². The number of para-hydroxylation sites is 1. The molecule has 0 aliphatic heterocycles. The van der Waals surface area contributed by atoms with E-state index < -0.39 is 11.9 Å². The first-order valence-electron chi connectivity index (χ1n) is 6.89. The van der Waals surface area contributed by atoms with Gasteiger partial charge in [-0.2, -0.15) is 0 Å². The van der Waals surface area contributed by atoms with Crippen molar-refractivity contribution >= 4 is 17.6 Å². The van der Waals surface area contributed by atoms with Gasteiger partial charge in [0, 0.05) is 18.7 Å². The molecular formula is C16H17N3O4.